The largest absolute Gasteiger partial charge is 0.411 e. The van der Waals surface area contributed by atoms with Gasteiger partial charge in [0.2, 0.25) is 0 Å². The first kappa shape index (κ1) is 24.4. The van der Waals surface area contributed by atoms with E-state index in [9.17, 15) is 13.2 Å². The topological polar surface area (TPSA) is 55.3 Å². The van der Waals surface area contributed by atoms with Crippen LogP contribution in [0.4, 0.5) is 13.2 Å². The van der Waals surface area contributed by atoms with Gasteiger partial charge in [-0.1, -0.05) is 24.3 Å². The zero-order valence-corrected chi connectivity index (χ0v) is 17.7. The minimum absolute atomic E-state index is 0.0695. The lowest BCUT2D eigenvalue weighted by atomic mass is 10.1. The van der Waals surface area contributed by atoms with Crippen LogP contribution in [0.5, 0.6) is 0 Å². The smallest absolute Gasteiger partial charge is 0.385 e. The fourth-order valence-electron chi connectivity index (χ4n) is 3.31. The number of alkyl halides is 3. The molecular weight excluding hydrogens is 399 g/mol. The van der Waals surface area contributed by atoms with Crippen LogP contribution >= 0.6 is 0 Å². The molecule has 170 valence electrons. The molecule has 1 N–H and O–H groups in total. The second-order valence-corrected chi connectivity index (χ2v) is 7.23. The molecule has 0 aromatic heterocycles. The van der Waals surface area contributed by atoms with Crippen molar-refractivity contribution in [3.63, 3.8) is 0 Å². The molecule has 0 unspecified atom stereocenters. The molecule has 0 atom stereocenters. The molecule has 1 aromatic carbocycles. The predicted molar refractivity (Wildman–Crippen MR) is 109 cm³/mol. The lowest BCUT2D eigenvalue weighted by Gasteiger charge is -2.34. The van der Waals surface area contributed by atoms with Crippen molar-refractivity contribution in [3.8, 4) is 0 Å². The van der Waals surface area contributed by atoms with Gasteiger partial charge < -0.3 is 24.4 Å². The van der Waals surface area contributed by atoms with Crippen LogP contribution in [0.3, 0.4) is 0 Å². The van der Waals surface area contributed by atoms with E-state index < -0.39 is 12.8 Å². The third-order valence-electron chi connectivity index (χ3n) is 4.78. The average molecular weight is 431 g/mol. The molecule has 2 rings (SSSR count). The van der Waals surface area contributed by atoms with Crippen molar-refractivity contribution in [2.75, 3.05) is 47.1 Å². The molecule has 0 aliphatic carbocycles. The summed E-state index contributed by atoms with van der Waals surface area (Å²) in [6.45, 7) is 2.38. The fraction of sp³-hybridized carbons (Fsp3) is 0.667. The highest BCUT2D eigenvalue weighted by Crippen LogP contribution is 2.17. The molecule has 0 spiro atoms. The molecule has 1 aliphatic rings. The molecule has 0 radical (unpaired) electrons. The number of benzene rings is 1. The normalized spacial score (nSPS) is 16.2. The van der Waals surface area contributed by atoms with Crippen LogP contribution in [0.2, 0.25) is 0 Å². The second-order valence-electron chi connectivity index (χ2n) is 7.23. The molecule has 0 saturated carbocycles. The van der Waals surface area contributed by atoms with Crippen LogP contribution in [0.15, 0.2) is 29.3 Å². The monoisotopic (exact) mass is 431 g/mol. The first-order valence-corrected chi connectivity index (χ1v) is 10.2. The molecule has 1 heterocycles. The molecule has 0 amide bonds. The van der Waals surface area contributed by atoms with Gasteiger partial charge in [0.1, 0.15) is 6.61 Å². The predicted octanol–water partition coefficient (Wildman–Crippen LogP) is 3.36. The van der Waals surface area contributed by atoms with Gasteiger partial charge in [0.25, 0.3) is 0 Å². The van der Waals surface area contributed by atoms with Gasteiger partial charge in [-0.15, -0.1) is 0 Å². The lowest BCUT2D eigenvalue weighted by molar-refractivity contribution is -0.176. The first-order chi connectivity index (χ1) is 14.4. The maximum Gasteiger partial charge on any atom is 0.411 e. The van der Waals surface area contributed by atoms with Gasteiger partial charge in [-0.05, 0) is 30.4 Å². The third kappa shape index (κ3) is 9.32. The number of halogens is 3. The summed E-state index contributed by atoms with van der Waals surface area (Å²) in [4.78, 5) is 6.56. The Morgan fingerprint density at radius 3 is 2.60 bits per heavy atom. The maximum atomic E-state index is 12.2. The molecule has 1 saturated heterocycles. The number of ether oxygens (including phenoxy) is 3. The third-order valence-corrected chi connectivity index (χ3v) is 4.78. The molecule has 30 heavy (non-hydrogen) atoms. The summed E-state index contributed by atoms with van der Waals surface area (Å²) in [6, 6.07) is 7.34. The highest BCUT2D eigenvalue weighted by Gasteiger charge is 2.27. The molecule has 1 fully saturated rings. The fourth-order valence-corrected chi connectivity index (χ4v) is 3.31. The number of methoxy groups -OCH3 is 1. The summed E-state index contributed by atoms with van der Waals surface area (Å²) in [7, 11) is 3.44. The van der Waals surface area contributed by atoms with Crippen LogP contribution in [-0.4, -0.2) is 70.2 Å². The van der Waals surface area contributed by atoms with E-state index in [0.29, 0.717) is 25.3 Å². The van der Waals surface area contributed by atoms with Gasteiger partial charge in [0, 0.05) is 47.0 Å². The van der Waals surface area contributed by atoms with Crippen LogP contribution in [0.1, 0.15) is 30.4 Å². The summed E-state index contributed by atoms with van der Waals surface area (Å²) in [5, 5.41) is 3.34. The van der Waals surface area contributed by atoms with Crippen molar-refractivity contribution in [2.24, 2.45) is 4.99 Å². The van der Waals surface area contributed by atoms with Gasteiger partial charge in [0.15, 0.2) is 5.96 Å². The Kier molecular flexibility index (Phi) is 10.4. The Morgan fingerprint density at radius 2 is 1.93 bits per heavy atom. The van der Waals surface area contributed by atoms with Crippen LogP contribution in [0.25, 0.3) is 0 Å². The zero-order valence-electron chi connectivity index (χ0n) is 17.7. The van der Waals surface area contributed by atoms with Crippen molar-refractivity contribution in [1.82, 2.24) is 10.2 Å². The Hall–Kier alpha value is -1.84. The van der Waals surface area contributed by atoms with E-state index in [-0.39, 0.29) is 12.7 Å². The van der Waals surface area contributed by atoms with Crippen LogP contribution < -0.4 is 5.32 Å². The second kappa shape index (κ2) is 12.8. The van der Waals surface area contributed by atoms with Crippen LogP contribution in [0, 0.1) is 0 Å². The Balaban J connectivity index is 1.75. The minimum Gasteiger partial charge on any atom is -0.385 e. The SMILES string of the molecule is CN=C(NCc1cccc(COCC(F)(F)F)c1)N1CCC(OCCCOC)CC1. The zero-order chi connectivity index (χ0) is 21.8. The van der Waals surface area contributed by atoms with Gasteiger partial charge in [-0.25, -0.2) is 0 Å². The number of guanidine groups is 1. The molecular formula is C21H32F3N3O3. The van der Waals surface area contributed by atoms with Crippen molar-refractivity contribution >= 4 is 5.96 Å². The van der Waals surface area contributed by atoms with E-state index in [1.807, 2.05) is 18.2 Å². The number of hydrogen-bond donors (Lipinski definition) is 1. The highest BCUT2D eigenvalue weighted by molar-refractivity contribution is 5.79. The molecule has 0 bridgehead atoms. The summed E-state index contributed by atoms with van der Waals surface area (Å²) in [6.07, 6.45) is -1.25. The number of aliphatic imine (C=N–C) groups is 1. The standard InChI is InChI=1S/C21H32F3N3O3/c1-25-20(27-9-7-19(8-10-27)30-12-4-11-28-2)26-14-17-5-3-6-18(13-17)15-29-16-21(22,23)24/h3,5-6,13,19H,4,7-12,14-16H2,1-2H3,(H,25,26). The number of nitrogens with one attached hydrogen (secondary N) is 1. The number of nitrogens with zero attached hydrogens (tertiary/aromatic N) is 2. The molecule has 6 nitrogen and oxygen atoms in total. The van der Waals surface area contributed by atoms with Gasteiger partial charge in [-0.3, -0.25) is 4.99 Å². The van der Waals surface area contributed by atoms with Crippen molar-refractivity contribution < 1.29 is 27.4 Å². The number of likely N-dealkylation sites (tertiary alicyclic amines) is 1. The molecule has 9 heteroatoms. The van der Waals surface area contributed by atoms with Gasteiger partial charge in [0.05, 0.1) is 12.7 Å². The molecule has 1 aromatic rings. The maximum absolute atomic E-state index is 12.2. The van der Waals surface area contributed by atoms with E-state index >= 15 is 0 Å². The first-order valence-electron chi connectivity index (χ1n) is 10.2. The van der Waals surface area contributed by atoms with E-state index in [2.05, 4.69) is 15.2 Å². The quantitative estimate of drug-likeness (QED) is 0.350. The summed E-state index contributed by atoms with van der Waals surface area (Å²) in [5.74, 6) is 0.812. The molecule has 1 aliphatic heterocycles. The Bertz CT molecular complexity index is 648. The summed E-state index contributed by atoms with van der Waals surface area (Å²) < 4.78 is 52.3. The van der Waals surface area contributed by atoms with E-state index in [1.54, 1.807) is 20.2 Å². The highest BCUT2D eigenvalue weighted by atomic mass is 19.4. The van der Waals surface area contributed by atoms with Gasteiger partial charge >= 0.3 is 6.18 Å². The average Bonchev–Trinajstić information content (AvgIpc) is 2.72. The van der Waals surface area contributed by atoms with Gasteiger partial charge in [-0.2, -0.15) is 13.2 Å². The van der Waals surface area contributed by atoms with E-state index in [4.69, 9.17) is 14.2 Å². The lowest BCUT2D eigenvalue weighted by Crippen LogP contribution is -2.46. The number of hydrogen-bond acceptors (Lipinski definition) is 4. The van der Waals surface area contributed by atoms with Crippen molar-refractivity contribution in [1.29, 1.82) is 0 Å². The van der Waals surface area contributed by atoms with E-state index in [0.717, 1.165) is 43.9 Å². The number of piperidine rings is 1. The minimum atomic E-state index is -4.31. The van der Waals surface area contributed by atoms with Crippen molar-refractivity contribution in [2.45, 2.75) is 44.7 Å². The van der Waals surface area contributed by atoms with Crippen molar-refractivity contribution in [3.05, 3.63) is 35.4 Å². The Morgan fingerprint density at radius 1 is 1.20 bits per heavy atom. The van der Waals surface area contributed by atoms with E-state index in [1.165, 1.54) is 0 Å². The summed E-state index contributed by atoms with van der Waals surface area (Å²) >= 11 is 0. The Labute approximate surface area is 176 Å². The summed E-state index contributed by atoms with van der Waals surface area (Å²) in [5.41, 5.74) is 1.67. The van der Waals surface area contributed by atoms with Crippen LogP contribution in [-0.2, 0) is 27.4 Å². The number of rotatable bonds is 10.